The van der Waals surface area contributed by atoms with Crippen LogP contribution in [0.4, 0.5) is 10.1 Å². The van der Waals surface area contributed by atoms with Gasteiger partial charge in [0.15, 0.2) is 0 Å². The van der Waals surface area contributed by atoms with Crippen LogP contribution in [0.3, 0.4) is 0 Å². The lowest BCUT2D eigenvalue weighted by molar-refractivity contribution is -0.118. The van der Waals surface area contributed by atoms with Gasteiger partial charge in [-0.2, -0.15) is 0 Å². The first-order valence-electron chi connectivity index (χ1n) is 7.18. The molecule has 1 amide bonds. The molecule has 1 aliphatic heterocycles. The lowest BCUT2D eigenvalue weighted by atomic mass is 10.2. The van der Waals surface area contributed by atoms with Crippen LogP contribution < -0.4 is 15.4 Å². The molecule has 22 heavy (non-hydrogen) atoms. The van der Waals surface area contributed by atoms with Gasteiger partial charge >= 0.3 is 0 Å². The number of ether oxygens (including phenoxy) is 1. The first-order chi connectivity index (χ1) is 10.6. The molecule has 3 rings (SSSR count). The van der Waals surface area contributed by atoms with Crippen LogP contribution in [-0.2, 0) is 11.4 Å². The largest absolute Gasteiger partial charge is 0.489 e. The van der Waals surface area contributed by atoms with Gasteiger partial charge in [0, 0.05) is 12.2 Å². The average molecular weight is 300 g/mol. The molecular weight excluding hydrogens is 283 g/mol. The van der Waals surface area contributed by atoms with Crippen LogP contribution in [0.25, 0.3) is 0 Å². The molecule has 0 bridgehead atoms. The third-order valence-electron chi connectivity index (χ3n) is 3.69. The van der Waals surface area contributed by atoms with E-state index in [4.69, 9.17) is 10.5 Å². The fourth-order valence-corrected chi connectivity index (χ4v) is 2.47. The summed E-state index contributed by atoms with van der Waals surface area (Å²) in [5.74, 6) is 0.345. The van der Waals surface area contributed by atoms with E-state index >= 15 is 0 Å². The molecule has 0 aliphatic carbocycles. The Morgan fingerprint density at radius 1 is 1.23 bits per heavy atom. The van der Waals surface area contributed by atoms with E-state index in [1.54, 1.807) is 23.1 Å². The van der Waals surface area contributed by atoms with Gasteiger partial charge in [0.2, 0.25) is 5.91 Å². The summed E-state index contributed by atoms with van der Waals surface area (Å²) in [5.41, 5.74) is 7.30. The van der Waals surface area contributed by atoms with E-state index in [1.165, 1.54) is 12.1 Å². The van der Waals surface area contributed by atoms with Crippen LogP contribution in [0.1, 0.15) is 12.0 Å². The summed E-state index contributed by atoms with van der Waals surface area (Å²) in [4.78, 5) is 13.5. The minimum Gasteiger partial charge on any atom is -0.489 e. The highest BCUT2D eigenvalue weighted by molar-refractivity contribution is 5.99. The topological polar surface area (TPSA) is 55.6 Å². The van der Waals surface area contributed by atoms with Crippen LogP contribution >= 0.6 is 0 Å². The molecule has 114 valence electrons. The summed E-state index contributed by atoms with van der Waals surface area (Å²) in [6.07, 6.45) is 0.677. The molecule has 1 heterocycles. The zero-order chi connectivity index (χ0) is 15.5. The van der Waals surface area contributed by atoms with E-state index in [0.717, 1.165) is 11.3 Å². The van der Waals surface area contributed by atoms with E-state index in [2.05, 4.69) is 0 Å². The van der Waals surface area contributed by atoms with Crippen molar-refractivity contribution >= 4 is 11.6 Å². The highest BCUT2D eigenvalue weighted by Gasteiger charge is 2.29. The number of halogens is 1. The number of amides is 1. The number of hydrogen-bond acceptors (Lipinski definition) is 3. The number of benzene rings is 2. The Balaban J connectivity index is 1.63. The van der Waals surface area contributed by atoms with E-state index in [0.29, 0.717) is 25.3 Å². The fourth-order valence-electron chi connectivity index (χ4n) is 2.47. The lowest BCUT2D eigenvalue weighted by Crippen LogP contribution is -2.33. The van der Waals surface area contributed by atoms with Crippen molar-refractivity contribution in [1.29, 1.82) is 0 Å². The van der Waals surface area contributed by atoms with Crippen molar-refractivity contribution in [3.63, 3.8) is 0 Å². The Kier molecular flexibility index (Phi) is 4.06. The quantitative estimate of drug-likeness (QED) is 0.943. The van der Waals surface area contributed by atoms with Gasteiger partial charge in [0.1, 0.15) is 18.2 Å². The van der Waals surface area contributed by atoms with Gasteiger partial charge in [-0.3, -0.25) is 4.79 Å². The Morgan fingerprint density at radius 2 is 2.00 bits per heavy atom. The molecule has 2 aromatic carbocycles. The molecule has 1 aliphatic rings. The first kappa shape index (κ1) is 14.5. The van der Waals surface area contributed by atoms with Crippen molar-refractivity contribution in [3.8, 4) is 5.75 Å². The third kappa shape index (κ3) is 3.09. The Labute approximate surface area is 128 Å². The fraction of sp³-hybridized carbons (Fsp3) is 0.235. The monoisotopic (exact) mass is 300 g/mol. The van der Waals surface area contributed by atoms with Gasteiger partial charge < -0.3 is 15.4 Å². The molecule has 0 saturated carbocycles. The lowest BCUT2D eigenvalue weighted by Gasteiger charge is -2.16. The molecule has 2 aromatic rings. The summed E-state index contributed by atoms with van der Waals surface area (Å²) in [7, 11) is 0. The second-order valence-corrected chi connectivity index (χ2v) is 5.30. The first-order valence-corrected chi connectivity index (χ1v) is 7.18. The molecule has 0 aromatic heterocycles. The van der Waals surface area contributed by atoms with E-state index in [-0.39, 0.29) is 11.7 Å². The Hall–Kier alpha value is -2.40. The van der Waals surface area contributed by atoms with E-state index in [9.17, 15) is 9.18 Å². The molecule has 1 unspecified atom stereocenters. The zero-order valence-electron chi connectivity index (χ0n) is 12.0. The zero-order valence-corrected chi connectivity index (χ0v) is 12.0. The van der Waals surface area contributed by atoms with Crippen molar-refractivity contribution < 1.29 is 13.9 Å². The number of carbonyl (C=O) groups is 1. The minimum atomic E-state index is -0.399. The summed E-state index contributed by atoms with van der Waals surface area (Å²) in [5, 5.41) is 0. The summed E-state index contributed by atoms with van der Waals surface area (Å²) < 4.78 is 18.7. The average Bonchev–Trinajstić information content (AvgIpc) is 2.86. The number of hydrogen-bond donors (Lipinski definition) is 1. The SMILES string of the molecule is NC1CCN(c2ccc(OCc3cccc(F)c3)cc2)C1=O. The number of nitrogens with two attached hydrogens (primary N) is 1. The van der Waals surface area contributed by atoms with Crippen molar-refractivity contribution in [3.05, 3.63) is 59.9 Å². The smallest absolute Gasteiger partial charge is 0.243 e. The van der Waals surface area contributed by atoms with Crippen LogP contribution in [0.15, 0.2) is 48.5 Å². The van der Waals surface area contributed by atoms with Gasteiger partial charge in [0.05, 0.1) is 6.04 Å². The molecule has 0 spiro atoms. The highest BCUT2D eigenvalue weighted by Crippen LogP contribution is 2.24. The van der Waals surface area contributed by atoms with Crippen LogP contribution in [0.2, 0.25) is 0 Å². The van der Waals surface area contributed by atoms with Crippen molar-refractivity contribution in [2.24, 2.45) is 5.73 Å². The van der Waals surface area contributed by atoms with Gasteiger partial charge in [-0.1, -0.05) is 12.1 Å². The highest BCUT2D eigenvalue weighted by atomic mass is 19.1. The van der Waals surface area contributed by atoms with Crippen LogP contribution in [0.5, 0.6) is 5.75 Å². The molecular formula is C17H17FN2O2. The van der Waals surface area contributed by atoms with Crippen molar-refractivity contribution in [2.75, 3.05) is 11.4 Å². The van der Waals surface area contributed by atoms with Crippen LogP contribution in [-0.4, -0.2) is 18.5 Å². The van der Waals surface area contributed by atoms with Gasteiger partial charge in [-0.25, -0.2) is 4.39 Å². The summed E-state index contributed by atoms with van der Waals surface area (Å²) >= 11 is 0. The van der Waals surface area contributed by atoms with Crippen molar-refractivity contribution in [2.45, 2.75) is 19.1 Å². The van der Waals surface area contributed by atoms with Crippen LogP contribution in [0, 0.1) is 5.82 Å². The molecule has 2 N–H and O–H groups in total. The molecule has 4 nitrogen and oxygen atoms in total. The Morgan fingerprint density at radius 3 is 2.64 bits per heavy atom. The molecule has 0 radical (unpaired) electrons. The molecule has 1 fully saturated rings. The summed E-state index contributed by atoms with van der Waals surface area (Å²) in [6.45, 7) is 0.939. The van der Waals surface area contributed by atoms with Gasteiger partial charge in [0.25, 0.3) is 0 Å². The van der Waals surface area contributed by atoms with Gasteiger partial charge in [-0.05, 0) is 48.4 Å². The normalized spacial score (nSPS) is 17.8. The molecule has 1 atom stereocenters. The predicted octanol–water partition coefficient (Wildman–Crippen LogP) is 2.47. The summed E-state index contributed by atoms with van der Waals surface area (Å²) in [6, 6.07) is 13.2. The number of anilines is 1. The van der Waals surface area contributed by atoms with Gasteiger partial charge in [-0.15, -0.1) is 0 Å². The number of carbonyl (C=O) groups excluding carboxylic acids is 1. The number of rotatable bonds is 4. The molecule has 5 heteroatoms. The Bertz CT molecular complexity index is 673. The third-order valence-corrected chi connectivity index (χ3v) is 3.69. The number of nitrogens with zero attached hydrogens (tertiary/aromatic N) is 1. The maximum Gasteiger partial charge on any atom is 0.243 e. The van der Waals surface area contributed by atoms with Crippen molar-refractivity contribution in [1.82, 2.24) is 0 Å². The minimum absolute atomic E-state index is 0.0478. The second kappa shape index (κ2) is 6.15. The molecule has 1 saturated heterocycles. The standard InChI is InChI=1S/C17H17FN2O2/c18-13-3-1-2-12(10-13)11-22-15-6-4-14(5-7-15)20-9-8-16(19)17(20)21/h1-7,10,16H,8-9,11,19H2. The maximum absolute atomic E-state index is 13.1. The maximum atomic E-state index is 13.1. The van der Waals surface area contributed by atoms with E-state index in [1.807, 2.05) is 18.2 Å². The second-order valence-electron chi connectivity index (χ2n) is 5.30. The van der Waals surface area contributed by atoms with E-state index < -0.39 is 6.04 Å². The predicted molar refractivity (Wildman–Crippen MR) is 82.1 cm³/mol.